The summed E-state index contributed by atoms with van der Waals surface area (Å²) in [4.78, 5) is 13.1. The normalized spacial score (nSPS) is 15.1. The Kier molecular flexibility index (Phi) is 5.28. The number of carboxylic acid groups (broad SMARTS) is 1. The predicted molar refractivity (Wildman–Crippen MR) is 92.8 cm³/mol. The number of piperidine rings is 1. The van der Waals surface area contributed by atoms with Crippen LogP contribution in [0, 0.1) is 17.6 Å². The Balaban J connectivity index is 1.97. The second-order valence-electron chi connectivity index (χ2n) is 6.25. The van der Waals surface area contributed by atoms with E-state index in [0.717, 1.165) is 25.9 Å². The highest BCUT2D eigenvalue weighted by Gasteiger charge is 2.24. The van der Waals surface area contributed by atoms with Crippen LogP contribution in [0.5, 0.6) is 0 Å². The number of hydrogen-bond donors (Lipinski definition) is 2. The molecule has 0 bridgehead atoms. The molecule has 132 valence electrons. The molecule has 1 fully saturated rings. The third kappa shape index (κ3) is 4.14. The summed E-state index contributed by atoms with van der Waals surface area (Å²) in [6.45, 7) is 2.09. The fourth-order valence-electron chi connectivity index (χ4n) is 3.21. The Labute approximate surface area is 145 Å². The summed E-state index contributed by atoms with van der Waals surface area (Å²) in [6.07, 6.45) is 0.724. The van der Waals surface area contributed by atoms with Gasteiger partial charge in [0.25, 0.3) is 0 Å². The highest BCUT2D eigenvalue weighted by atomic mass is 19.1. The number of benzene rings is 2. The van der Waals surface area contributed by atoms with E-state index in [1.54, 1.807) is 0 Å². The van der Waals surface area contributed by atoms with Crippen molar-refractivity contribution in [1.82, 2.24) is 5.32 Å². The van der Waals surface area contributed by atoms with Gasteiger partial charge in [0.15, 0.2) is 0 Å². The van der Waals surface area contributed by atoms with Crippen molar-refractivity contribution in [2.45, 2.75) is 12.8 Å². The number of nitrogens with zero attached hydrogens (tertiary/aromatic N) is 1. The Hall–Kier alpha value is -2.47. The predicted octanol–water partition coefficient (Wildman–Crippen LogP) is 4.12. The highest BCUT2D eigenvalue weighted by molar-refractivity contribution is 5.92. The molecular formula is C19H20F2N2O2. The van der Waals surface area contributed by atoms with Gasteiger partial charge in [0.1, 0.15) is 11.6 Å². The van der Waals surface area contributed by atoms with Crippen LogP contribution < -0.4 is 10.2 Å². The van der Waals surface area contributed by atoms with Gasteiger partial charge in [-0.15, -0.1) is 0 Å². The van der Waals surface area contributed by atoms with Crippen LogP contribution in [-0.2, 0) is 0 Å². The van der Waals surface area contributed by atoms with E-state index in [0.29, 0.717) is 23.4 Å². The van der Waals surface area contributed by atoms with Crippen LogP contribution in [0.15, 0.2) is 42.5 Å². The lowest BCUT2D eigenvalue weighted by molar-refractivity contribution is 0.199. The maximum atomic E-state index is 13.8. The molecule has 1 amide bonds. The summed E-state index contributed by atoms with van der Waals surface area (Å²) < 4.78 is 27.0. The Morgan fingerprint density at radius 1 is 1.08 bits per heavy atom. The third-order valence-electron chi connectivity index (χ3n) is 4.54. The average Bonchev–Trinajstić information content (AvgIpc) is 2.61. The highest BCUT2D eigenvalue weighted by Crippen LogP contribution is 2.33. The lowest BCUT2D eigenvalue weighted by Crippen LogP contribution is -2.39. The maximum absolute atomic E-state index is 13.8. The van der Waals surface area contributed by atoms with Gasteiger partial charge in [-0.05, 0) is 67.7 Å². The first-order valence-electron chi connectivity index (χ1n) is 8.31. The van der Waals surface area contributed by atoms with Gasteiger partial charge in [-0.2, -0.15) is 0 Å². The van der Waals surface area contributed by atoms with Crippen LogP contribution in [0.4, 0.5) is 19.3 Å². The van der Waals surface area contributed by atoms with Gasteiger partial charge >= 0.3 is 6.09 Å². The van der Waals surface area contributed by atoms with E-state index in [2.05, 4.69) is 5.32 Å². The SMILES string of the molecule is O=C(O)N(CC1CCNCC1)c1ccc(F)cc1-c1ccc(F)cc1. The van der Waals surface area contributed by atoms with E-state index in [-0.39, 0.29) is 5.92 Å². The molecule has 0 atom stereocenters. The van der Waals surface area contributed by atoms with E-state index in [1.807, 2.05) is 0 Å². The number of hydrogen-bond acceptors (Lipinski definition) is 2. The number of amides is 1. The topological polar surface area (TPSA) is 52.6 Å². The van der Waals surface area contributed by atoms with Crippen LogP contribution in [0.1, 0.15) is 12.8 Å². The van der Waals surface area contributed by atoms with Crippen LogP contribution in [0.3, 0.4) is 0 Å². The molecule has 4 nitrogen and oxygen atoms in total. The number of rotatable bonds is 4. The molecule has 25 heavy (non-hydrogen) atoms. The molecule has 1 aliphatic rings. The Bertz CT molecular complexity index is 744. The summed E-state index contributed by atoms with van der Waals surface area (Å²) >= 11 is 0. The summed E-state index contributed by atoms with van der Waals surface area (Å²) in [5, 5.41) is 13.0. The minimum atomic E-state index is -1.08. The molecule has 0 saturated carbocycles. The largest absolute Gasteiger partial charge is 0.465 e. The molecule has 1 heterocycles. The number of carbonyl (C=O) groups is 1. The minimum Gasteiger partial charge on any atom is -0.465 e. The number of anilines is 1. The fraction of sp³-hybridized carbons (Fsp3) is 0.316. The average molecular weight is 346 g/mol. The molecule has 0 aliphatic carbocycles. The molecule has 0 unspecified atom stereocenters. The molecule has 1 saturated heterocycles. The second kappa shape index (κ2) is 7.61. The first-order valence-corrected chi connectivity index (χ1v) is 8.31. The van der Waals surface area contributed by atoms with Crippen molar-refractivity contribution in [3.63, 3.8) is 0 Å². The maximum Gasteiger partial charge on any atom is 0.411 e. The molecular weight excluding hydrogens is 326 g/mol. The molecule has 0 aromatic heterocycles. The van der Waals surface area contributed by atoms with Crippen molar-refractivity contribution >= 4 is 11.8 Å². The van der Waals surface area contributed by atoms with E-state index in [4.69, 9.17) is 0 Å². The number of halogens is 2. The zero-order valence-corrected chi connectivity index (χ0v) is 13.7. The van der Waals surface area contributed by atoms with Gasteiger partial charge in [0.2, 0.25) is 0 Å². The van der Waals surface area contributed by atoms with E-state index in [1.165, 1.54) is 47.4 Å². The summed E-state index contributed by atoms with van der Waals surface area (Å²) in [7, 11) is 0. The molecule has 1 aliphatic heterocycles. The first kappa shape index (κ1) is 17.4. The standard InChI is InChI=1S/C19H20F2N2O2/c20-15-3-1-14(2-4-15)17-11-16(21)5-6-18(17)23(19(24)25)12-13-7-9-22-10-8-13/h1-6,11,13,22H,7-10,12H2,(H,24,25). The van der Waals surface area contributed by atoms with Crippen LogP contribution >= 0.6 is 0 Å². The van der Waals surface area contributed by atoms with Crippen molar-refractivity contribution in [2.24, 2.45) is 5.92 Å². The van der Waals surface area contributed by atoms with Crippen LogP contribution in [0.25, 0.3) is 11.1 Å². The van der Waals surface area contributed by atoms with Gasteiger partial charge in [-0.3, -0.25) is 4.90 Å². The zero-order chi connectivity index (χ0) is 17.8. The van der Waals surface area contributed by atoms with Gasteiger partial charge in [-0.1, -0.05) is 12.1 Å². The monoisotopic (exact) mass is 346 g/mol. The quantitative estimate of drug-likeness (QED) is 0.876. The van der Waals surface area contributed by atoms with E-state index >= 15 is 0 Å². The van der Waals surface area contributed by atoms with Crippen molar-refractivity contribution in [2.75, 3.05) is 24.5 Å². The van der Waals surface area contributed by atoms with Crippen molar-refractivity contribution in [3.05, 3.63) is 54.1 Å². The molecule has 3 rings (SSSR count). The third-order valence-corrected chi connectivity index (χ3v) is 4.54. The summed E-state index contributed by atoms with van der Waals surface area (Å²) in [5.74, 6) is -0.606. The van der Waals surface area contributed by atoms with Crippen molar-refractivity contribution in [3.8, 4) is 11.1 Å². The molecule has 0 radical (unpaired) electrons. The minimum absolute atomic E-state index is 0.253. The van der Waals surface area contributed by atoms with E-state index < -0.39 is 17.7 Å². The molecule has 0 spiro atoms. The summed E-state index contributed by atoms with van der Waals surface area (Å²) in [6, 6.07) is 9.63. The Morgan fingerprint density at radius 3 is 2.36 bits per heavy atom. The van der Waals surface area contributed by atoms with Crippen molar-refractivity contribution < 1.29 is 18.7 Å². The van der Waals surface area contributed by atoms with Gasteiger partial charge < -0.3 is 10.4 Å². The lowest BCUT2D eigenvalue weighted by atomic mass is 9.96. The van der Waals surface area contributed by atoms with Crippen LogP contribution in [-0.4, -0.2) is 30.8 Å². The lowest BCUT2D eigenvalue weighted by Gasteiger charge is -2.29. The summed E-state index contributed by atoms with van der Waals surface area (Å²) in [5.41, 5.74) is 1.43. The van der Waals surface area contributed by atoms with Crippen LogP contribution in [0.2, 0.25) is 0 Å². The fourth-order valence-corrected chi connectivity index (χ4v) is 3.21. The smallest absolute Gasteiger partial charge is 0.411 e. The molecule has 2 aromatic rings. The molecule has 6 heteroatoms. The second-order valence-corrected chi connectivity index (χ2v) is 6.25. The zero-order valence-electron chi connectivity index (χ0n) is 13.7. The molecule has 2 N–H and O–H groups in total. The van der Waals surface area contributed by atoms with E-state index in [9.17, 15) is 18.7 Å². The molecule has 2 aromatic carbocycles. The Morgan fingerprint density at radius 2 is 1.72 bits per heavy atom. The first-order chi connectivity index (χ1) is 12.0. The van der Waals surface area contributed by atoms with Gasteiger partial charge in [0.05, 0.1) is 5.69 Å². The van der Waals surface area contributed by atoms with Gasteiger partial charge in [-0.25, -0.2) is 13.6 Å². The number of nitrogens with one attached hydrogen (secondary N) is 1. The van der Waals surface area contributed by atoms with Crippen molar-refractivity contribution in [1.29, 1.82) is 0 Å². The van der Waals surface area contributed by atoms with Gasteiger partial charge in [0, 0.05) is 12.1 Å².